The molecule has 3 aromatic rings. The molecule has 184 valence electrons. The predicted molar refractivity (Wildman–Crippen MR) is 137 cm³/mol. The number of sulfone groups is 1. The third-order valence-corrected chi connectivity index (χ3v) is 6.95. The first-order valence-corrected chi connectivity index (χ1v) is 13.9. The Balaban J connectivity index is 2.19. The van der Waals surface area contributed by atoms with Gasteiger partial charge in [0.1, 0.15) is 5.52 Å². The van der Waals surface area contributed by atoms with Gasteiger partial charge in [0.25, 0.3) is 0 Å². The third kappa shape index (κ3) is 5.66. The number of ether oxygens (including phenoxy) is 1. The monoisotopic (exact) mass is 484 g/mol. The van der Waals surface area contributed by atoms with E-state index in [0.717, 1.165) is 36.1 Å². The second-order valence-electron chi connectivity index (χ2n) is 8.64. The molecule has 0 aromatic carbocycles. The van der Waals surface area contributed by atoms with Crippen LogP contribution in [0.2, 0.25) is 0 Å². The van der Waals surface area contributed by atoms with Crippen molar-refractivity contribution >= 4 is 21.0 Å². The SMILES string of the molecule is CC=CCCc1nc(OCC)c(-c2nc3c(C)cn(CCCCC)c3nc2C)cc1S(C)(=O)=O. The van der Waals surface area contributed by atoms with E-state index in [1.165, 1.54) is 12.7 Å². The lowest BCUT2D eigenvalue weighted by Gasteiger charge is -2.15. The lowest BCUT2D eigenvalue weighted by Crippen LogP contribution is -2.09. The molecule has 0 spiro atoms. The van der Waals surface area contributed by atoms with Crippen LogP contribution < -0.4 is 4.74 Å². The van der Waals surface area contributed by atoms with Gasteiger partial charge in [0.15, 0.2) is 15.5 Å². The molecule has 34 heavy (non-hydrogen) atoms. The Morgan fingerprint density at radius 3 is 2.53 bits per heavy atom. The van der Waals surface area contributed by atoms with Crippen LogP contribution in [0.5, 0.6) is 5.88 Å². The summed E-state index contributed by atoms with van der Waals surface area (Å²) in [6, 6.07) is 1.66. The largest absolute Gasteiger partial charge is 0.477 e. The van der Waals surface area contributed by atoms with Crippen LogP contribution in [-0.2, 0) is 22.8 Å². The summed E-state index contributed by atoms with van der Waals surface area (Å²) in [5, 5.41) is 0. The van der Waals surface area contributed by atoms with Crippen LogP contribution in [0.4, 0.5) is 0 Å². The minimum absolute atomic E-state index is 0.214. The first-order chi connectivity index (χ1) is 16.2. The van der Waals surface area contributed by atoms with E-state index in [4.69, 9.17) is 14.7 Å². The second-order valence-corrected chi connectivity index (χ2v) is 10.6. The highest BCUT2D eigenvalue weighted by molar-refractivity contribution is 7.90. The fourth-order valence-electron chi connectivity index (χ4n) is 4.10. The van der Waals surface area contributed by atoms with E-state index in [0.29, 0.717) is 48.0 Å². The number of pyridine rings is 1. The Labute approximate surface area is 203 Å². The van der Waals surface area contributed by atoms with Crippen molar-refractivity contribution in [3.05, 3.63) is 41.4 Å². The smallest absolute Gasteiger partial charge is 0.223 e. The second kappa shape index (κ2) is 11.1. The van der Waals surface area contributed by atoms with Crippen LogP contribution >= 0.6 is 0 Å². The number of allylic oxidation sites excluding steroid dienone is 2. The fourth-order valence-corrected chi connectivity index (χ4v) is 5.01. The third-order valence-electron chi connectivity index (χ3n) is 5.80. The van der Waals surface area contributed by atoms with E-state index in [1.54, 1.807) is 6.07 Å². The lowest BCUT2D eigenvalue weighted by molar-refractivity contribution is 0.326. The van der Waals surface area contributed by atoms with Gasteiger partial charge in [-0.3, -0.25) is 0 Å². The summed E-state index contributed by atoms with van der Waals surface area (Å²) < 4.78 is 33.4. The Hall–Kier alpha value is -2.74. The molecule has 0 unspecified atom stereocenters. The van der Waals surface area contributed by atoms with Crippen molar-refractivity contribution in [1.29, 1.82) is 0 Å². The minimum atomic E-state index is -3.50. The van der Waals surface area contributed by atoms with Gasteiger partial charge in [-0.05, 0) is 58.6 Å². The molecule has 3 rings (SSSR count). The molecule has 0 amide bonds. The summed E-state index contributed by atoms with van der Waals surface area (Å²) in [6.45, 7) is 11.3. The van der Waals surface area contributed by atoms with Crippen LogP contribution in [0.25, 0.3) is 22.4 Å². The first kappa shape index (κ1) is 25.9. The number of aromatic nitrogens is 4. The molecular formula is C26H36N4O3S. The molecule has 0 N–H and O–H groups in total. The van der Waals surface area contributed by atoms with Crippen molar-refractivity contribution in [1.82, 2.24) is 19.5 Å². The number of fused-ring (bicyclic) bond motifs is 1. The maximum Gasteiger partial charge on any atom is 0.223 e. The topological polar surface area (TPSA) is 87.0 Å². The predicted octanol–water partition coefficient (Wildman–Crippen LogP) is 5.61. The highest BCUT2D eigenvalue weighted by atomic mass is 32.2. The average molecular weight is 485 g/mol. The highest BCUT2D eigenvalue weighted by Crippen LogP contribution is 2.35. The fraction of sp³-hybridized carbons (Fsp3) is 0.500. The van der Waals surface area contributed by atoms with Gasteiger partial charge in [0.2, 0.25) is 5.88 Å². The highest BCUT2D eigenvalue weighted by Gasteiger charge is 2.23. The van der Waals surface area contributed by atoms with Gasteiger partial charge >= 0.3 is 0 Å². The Morgan fingerprint density at radius 2 is 1.88 bits per heavy atom. The molecule has 0 saturated carbocycles. The van der Waals surface area contributed by atoms with Crippen molar-refractivity contribution in [2.45, 2.75) is 78.2 Å². The first-order valence-electron chi connectivity index (χ1n) is 12.0. The number of rotatable bonds is 11. The van der Waals surface area contributed by atoms with E-state index >= 15 is 0 Å². The van der Waals surface area contributed by atoms with Gasteiger partial charge in [0, 0.05) is 19.0 Å². The summed E-state index contributed by atoms with van der Waals surface area (Å²) in [7, 11) is -3.50. The molecule has 7 nitrogen and oxygen atoms in total. The zero-order valence-electron chi connectivity index (χ0n) is 21.2. The summed E-state index contributed by atoms with van der Waals surface area (Å²) in [4.78, 5) is 14.7. The maximum absolute atomic E-state index is 12.7. The van der Waals surface area contributed by atoms with Crippen molar-refractivity contribution < 1.29 is 13.2 Å². The van der Waals surface area contributed by atoms with E-state index in [2.05, 4.69) is 22.7 Å². The van der Waals surface area contributed by atoms with Gasteiger partial charge in [0.05, 0.1) is 34.1 Å². The van der Waals surface area contributed by atoms with Gasteiger partial charge in [-0.1, -0.05) is 31.9 Å². The molecule has 0 aliphatic carbocycles. The van der Waals surface area contributed by atoms with Crippen LogP contribution in [0.3, 0.4) is 0 Å². The molecule has 0 saturated heterocycles. The van der Waals surface area contributed by atoms with Gasteiger partial charge in [-0.2, -0.15) is 0 Å². The Bertz CT molecular complexity index is 1290. The molecule has 8 heteroatoms. The Kier molecular flexibility index (Phi) is 8.47. The normalized spacial score (nSPS) is 12.2. The molecule has 3 aromatic heterocycles. The van der Waals surface area contributed by atoms with Crippen LogP contribution in [-0.4, -0.2) is 40.8 Å². The van der Waals surface area contributed by atoms with Crippen LogP contribution in [0, 0.1) is 13.8 Å². The Morgan fingerprint density at radius 1 is 1.12 bits per heavy atom. The van der Waals surface area contributed by atoms with Crippen LogP contribution in [0.15, 0.2) is 29.3 Å². The number of hydrogen-bond donors (Lipinski definition) is 0. The molecule has 0 aliphatic heterocycles. The summed E-state index contributed by atoms with van der Waals surface area (Å²) in [5.74, 6) is 0.391. The number of nitrogens with zero attached hydrogens (tertiary/aromatic N) is 4. The molecule has 0 fully saturated rings. The zero-order valence-corrected chi connectivity index (χ0v) is 22.0. The molecular weight excluding hydrogens is 448 g/mol. The molecule has 0 bridgehead atoms. The van der Waals surface area contributed by atoms with Crippen LogP contribution in [0.1, 0.15) is 63.4 Å². The van der Waals surface area contributed by atoms with E-state index in [1.807, 2.05) is 39.8 Å². The van der Waals surface area contributed by atoms with E-state index in [-0.39, 0.29) is 4.90 Å². The summed E-state index contributed by atoms with van der Waals surface area (Å²) in [5.41, 5.74) is 5.09. The molecule has 0 atom stereocenters. The molecule has 0 radical (unpaired) electrons. The van der Waals surface area contributed by atoms with Gasteiger partial charge < -0.3 is 9.30 Å². The van der Waals surface area contributed by atoms with E-state index < -0.39 is 9.84 Å². The van der Waals surface area contributed by atoms with Gasteiger partial charge in [-0.25, -0.2) is 23.4 Å². The number of aryl methyl sites for hydroxylation is 4. The van der Waals surface area contributed by atoms with Crippen molar-refractivity contribution in [3.8, 4) is 17.1 Å². The maximum atomic E-state index is 12.7. The number of hydrogen-bond acceptors (Lipinski definition) is 6. The summed E-state index contributed by atoms with van der Waals surface area (Å²) in [6.07, 6.45) is 11.9. The standard InChI is InChI=1S/C26H36N4O3S/c1-7-10-12-14-21-22(34(6,31)32)16-20(26(28-21)33-9-3)24-19(5)27-25-23(29-24)18(4)17-30(25)15-13-11-8-2/h7,10,16-17H,8-9,11-15H2,1-6H3. The van der Waals surface area contributed by atoms with Crippen molar-refractivity contribution in [3.63, 3.8) is 0 Å². The summed E-state index contributed by atoms with van der Waals surface area (Å²) >= 11 is 0. The average Bonchev–Trinajstić information content (AvgIpc) is 3.07. The number of unbranched alkanes of at least 4 members (excludes halogenated alkanes) is 2. The lowest BCUT2D eigenvalue weighted by atomic mass is 10.1. The zero-order chi connectivity index (χ0) is 24.9. The molecule has 0 aliphatic rings. The van der Waals surface area contributed by atoms with Gasteiger partial charge in [-0.15, -0.1) is 0 Å². The quantitative estimate of drug-likeness (QED) is 0.260. The van der Waals surface area contributed by atoms with Crippen molar-refractivity contribution in [2.75, 3.05) is 12.9 Å². The minimum Gasteiger partial charge on any atom is -0.477 e. The molecule has 3 heterocycles. The van der Waals surface area contributed by atoms with Crippen molar-refractivity contribution in [2.24, 2.45) is 0 Å². The van der Waals surface area contributed by atoms with E-state index in [9.17, 15) is 8.42 Å².